The fourth-order valence-corrected chi connectivity index (χ4v) is 2.56. The molecule has 1 unspecified atom stereocenters. The summed E-state index contributed by atoms with van der Waals surface area (Å²) < 4.78 is 0. The first kappa shape index (κ1) is 13.9. The van der Waals surface area contributed by atoms with Crippen LogP contribution in [0.5, 0.6) is 0 Å². The maximum atomic E-state index is 12.1. The number of carbonyl (C=O) groups excluding carboxylic acids is 1. The zero-order chi connectivity index (χ0) is 14.0. The number of aromatic nitrogens is 2. The number of rotatable bonds is 4. The number of carbonyl (C=O) groups is 1. The Kier molecular flexibility index (Phi) is 4.09. The highest BCUT2D eigenvalue weighted by atomic mass is 16.1. The number of H-pyrrole nitrogens is 1. The van der Waals surface area contributed by atoms with E-state index in [4.69, 9.17) is 5.73 Å². The van der Waals surface area contributed by atoms with E-state index in [1.807, 2.05) is 0 Å². The van der Waals surface area contributed by atoms with Gasteiger partial charge in [0, 0.05) is 24.8 Å². The molecule has 0 saturated carbocycles. The molecular weight excluding hydrogens is 242 g/mol. The standard InChI is InChI=1S/C13H23N5O/c1-8(2)18-5-4-10(7-18)6-15-13(19)11-9(3)16-17-12(11)14/h8,10H,4-7H2,1-3H3,(H,15,19)(H3,14,16,17). The number of aromatic amines is 1. The Hall–Kier alpha value is -1.56. The van der Waals surface area contributed by atoms with Crippen molar-refractivity contribution in [1.29, 1.82) is 0 Å². The Morgan fingerprint density at radius 2 is 2.37 bits per heavy atom. The van der Waals surface area contributed by atoms with Gasteiger partial charge in [0.05, 0.1) is 0 Å². The van der Waals surface area contributed by atoms with Gasteiger partial charge in [0.15, 0.2) is 5.82 Å². The molecule has 0 radical (unpaired) electrons. The number of nitrogens with two attached hydrogens (primary N) is 1. The Bertz CT molecular complexity index is 434. The molecule has 2 heterocycles. The lowest BCUT2D eigenvalue weighted by molar-refractivity contribution is 0.0947. The van der Waals surface area contributed by atoms with E-state index in [2.05, 4.69) is 34.3 Å². The summed E-state index contributed by atoms with van der Waals surface area (Å²) in [5.41, 5.74) is 6.86. The van der Waals surface area contributed by atoms with E-state index in [-0.39, 0.29) is 11.7 Å². The fraction of sp³-hybridized carbons (Fsp3) is 0.692. The van der Waals surface area contributed by atoms with Gasteiger partial charge < -0.3 is 16.0 Å². The minimum atomic E-state index is -0.133. The predicted octanol–water partition coefficient (Wildman–Crippen LogP) is 0.760. The molecule has 1 saturated heterocycles. The third-order valence-electron chi connectivity index (χ3n) is 3.80. The first-order chi connectivity index (χ1) is 8.99. The lowest BCUT2D eigenvalue weighted by Gasteiger charge is -2.20. The Morgan fingerprint density at radius 1 is 1.63 bits per heavy atom. The number of hydrogen-bond acceptors (Lipinski definition) is 4. The highest BCUT2D eigenvalue weighted by Gasteiger charge is 2.25. The van der Waals surface area contributed by atoms with Crippen molar-refractivity contribution in [3.8, 4) is 0 Å². The van der Waals surface area contributed by atoms with Crippen LogP contribution >= 0.6 is 0 Å². The summed E-state index contributed by atoms with van der Waals surface area (Å²) in [6.45, 7) is 9.08. The van der Waals surface area contributed by atoms with Crippen molar-refractivity contribution in [2.75, 3.05) is 25.4 Å². The maximum absolute atomic E-state index is 12.1. The SMILES string of the molecule is Cc1[nH]nc(N)c1C(=O)NCC1CCN(C(C)C)C1. The summed E-state index contributed by atoms with van der Waals surface area (Å²) in [4.78, 5) is 14.5. The molecule has 19 heavy (non-hydrogen) atoms. The van der Waals surface area contributed by atoms with Crippen molar-refractivity contribution in [2.24, 2.45) is 5.92 Å². The lowest BCUT2D eigenvalue weighted by Crippen LogP contribution is -2.33. The van der Waals surface area contributed by atoms with Gasteiger partial charge in [-0.05, 0) is 39.7 Å². The van der Waals surface area contributed by atoms with Crippen LogP contribution in [0.25, 0.3) is 0 Å². The molecule has 0 aliphatic carbocycles. The summed E-state index contributed by atoms with van der Waals surface area (Å²) in [5, 5.41) is 9.52. The number of nitrogens with zero attached hydrogens (tertiary/aromatic N) is 2. The van der Waals surface area contributed by atoms with Crippen LogP contribution < -0.4 is 11.1 Å². The maximum Gasteiger partial charge on any atom is 0.256 e. The lowest BCUT2D eigenvalue weighted by atomic mass is 10.1. The summed E-state index contributed by atoms with van der Waals surface area (Å²) >= 11 is 0. The third kappa shape index (κ3) is 3.07. The molecule has 1 fully saturated rings. The topological polar surface area (TPSA) is 87.0 Å². The largest absolute Gasteiger partial charge is 0.382 e. The minimum absolute atomic E-state index is 0.133. The minimum Gasteiger partial charge on any atom is -0.382 e. The number of nitrogens with one attached hydrogen (secondary N) is 2. The zero-order valence-corrected chi connectivity index (χ0v) is 11.9. The molecule has 1 atom stereocenters. The highest BCUT2D eigenvalue weighted by molar-refractivity contribution is 5.99. The Balaban J connectivity index is 1.85. The van der Waals surface area contributed by atoms with Crippen LogP contribution in [0.3, 0.4) is 0 Å². The molecule has 6 heteroatoms. The monoisotopic (exact) mass is 265 g/mol. The number of amides is 1. The molecule has 1 aromatic heterocycles. The summed E-state index contributed by atoms with van der Waals surface area (Å²) in [7, 11) is 0. The van der Waals surface area contributed by atoms with Crippen LogP contribution in [-0.2, 0) is 0 Å². The molecule has 1 aromatic rings. The van der Waals surface area contributed by atoms with Crippen LogP contribution in [0.4, 0.5) is 5.82 Å². The quantitative estimate of drug-likeness (QED) is 0.750. The van der Waals surface area contributed by atoms with E-state index < -0.39 is 0 Å². The van der Waals surface area contributed by atoms with Crippen molar-refractivity contribution in [3.05, 3.63) is 11.3 Å². The van der Waals surface area contributed by atoms with Gasteiger partial charge in [-0.3, -0.25) is 9.89 Å². The van der Waals surface area contributed by atoms with Gasteiger partial charge in [0.1, 0.15) is 5.56 Å². The number of anilines is 1. The van der Waals surface area contributed by atoms with E-state index in [0.717, 1.165) is 19.5 Å². The second kappa shape index (κ2) is 5.61. The fourth-order valence-electron chi connectivity index (χ4n) is 2.56. The molecule has 0 bridgehead atoms. The van der Waals surface area contributed by atoms with Crippen LogP contribution in [0.2, 0.25) is 0 Å². The molecule has 6 nitrogen and oxygen atoms in total. The van der Waals surface area contributed by atoms with Crippen molar-refractivity contribution in [1.82, 2.24) is 20.4 Å². The van der Waals surface area contributed by atoms with E-state index >= 15 is 0 Å². The molecule has 106 valence electrons. The van der Waals surface area contributed by atoms with E-state index in [0.29, 0.717) is 29.8 Å². The van der Waals surface area contributed by atoms with Gasteiger partial charge in [-0.2, -0.15) is 5.10 Å². The van der Waals surface area contributed by atoms with Gasteiger partial charge >= 0.3 is 0 Å². The van der Waals surface area contributed by atoms with Gasteiger partial charge in [-0.15, -0.1) is 0 Å². The normalized spacial score (nSPS) is 20.1. The Labute approximate surface area is 113 Å². The van der Waals surface area contributed by atoms with Gasteiger partial charge in [-0.1, -0.05) is 0 Å². The van der Waals surface area contributed by atoms with Crippen molar-refractivity contribution in [3.63, 3.8) is 0 Å². The Morgan fingerprint density at radius 3 is 2.89 bits per heavy atom. The molecule has 1 amide bonds. The van der Waals surface area contributed by atoms with Gasteiger partial charge in [0.2, 0.25) is 0 Å². The molecular formula is C13H23N5O. The van der Waals surface area contributed by atoms with Crippen LogP contribution in [-0.4, -0.2) is 46.7 Å². The number of aryl methyl sites for hydroxylation is 1. The summed E-state index contributed by atoms with van der Waals surface area (Å²) in [6, 6.07) is 0.576. The highest BCUT2D eigenvalue weighted by Crippen LogP contribution is 2.18. The van der Waals surface area contributed by atoms with Crippen molar-refractivity contribution >= 4 is 11.7 Å². The summed E-state index contributed by atoms with van der Waals surface area (Å²) in [6.07, 6.45) is 1.14. The number of likely N-dealkylation sites (tertiary alicyclic amines) is 1. The average Bonchev–Trinajstić information content (AvgIpc) is 2.94. The second-order valence-electron chi connectivity index (χ2n) is 5.56. The van der Waals surface area contributed by atoms with Crippen molar-refractivity contribution < 1.29 is 4.79 Å². The molecule has 1 aliphatic heterocycles. The third-order valence-corrected chi connectivity index (χ3v) is 3.80. The summed E-state index contributed by atoms with van der Waals surface area (Å²) in [5.74, 6) is 0.664. The smallest absolute Gasteiger partial charge is 0.256 e. The molecule has 0 spiro atoms. The van der Waals surface area contributed by atoms with E-state index in [1.165, 1.54) is 0 Å². The van der Waals surface area contributed by atoms with Crippen LogP contribution in [0.15, 0.2) is 0 Å². The van der Waals surface area contributed by atoms with Crippen LogP contribution in [0.1, 0.15) is 36.3 Å². The van der Waals surface area contributed by atoms with Crippen molar-refractivity contribution in [2.45, 2.75) is 33.2 Å². The van der Waals surface area contributed by atoms with Gasteiger partial charge in [-0.25, -0.2) is 0 Å². The molecule has 4 N–H and O–H groups in total. The molecule has 0 aromatic carbocycles. The predicted molar refractivity (Wildman–Crippen MR) is 74.9 cm³/mol. The zero-order valence-electron chi connectivity index (χ0n) is 11.9. The van der Waals surface area contributed by atoms with E-state index in [9.17, 15) is 4.79 Å². The number of hydrogen-bond donors (Lipinski definition) is 3. The van der Waals surface area contributed by atoms with Crippen LogP contribution in [0, 0.1) is 12.8 Å². The first-order valence-electron chi connectivity index (χ1n) is 6.81. The second-order valence-corrected chi connectivity index (χ2v) is 5.56. The average molecular weight is 265 g/mol. The number of nitrogen functional groups attached to an aromatic ring is 1. The first-order valence-corrected chi connectivity index (χ1v) is 6.81. The van der Waals surface area contributed by atoms with E-state index in [1.54, 1.807) is 6.92 Å². The molecule has 1 aliphatic rings. The molecule has 2 rings (SSSR count). The van der Waals surface area contributed by atoms with Gasteiger partial charge in [0.25, 0.3) is 5.91 Å².